The second-order valence-corrected chi connectivity index (χ2v) is 11.3. The van der Waals surface area contributed by atoms with Gasteiger partial charge < -0.3 is 29.2 Å². The molecule has 3 aromatic rings. The first-order valence-corrected chi connectivity index (χ1v) is 14.5. The van der Waals surface area contributed by atoms with Crippen LogP contribution in [0.3, 0.4) is 0 Å². The molecule has 212 valence electrons. The van der Waals surface area contributed by atoms with Gasteiger partial charge in [0.25, 0.3) is 0 Å². The number of likely N-dealkylation sites (tertiary alicyclic amines) is 1. The Balaban J connectivity index is 1.32. The van der Waals surface area contributed by atoms with Gasteiger partial charge in [0.15, 0.2) is 0 Å². The Hall–Kier alpha value is -4.16. The number of hydrogen-bond donors (Lipinski definition) is 0. The lowest BCUT2D eigenvalue weighted by molar-refractivity contribution is -0.128. The van der Waals surface area contributed by atoms with Crippen molar-refractivity contribution >= 4 is 28.2 Å². The van der Waals surface area contributed by atoms with Crippen LogP contribution in [0.25, 0.3) is 15.6 Å². The Bertz CT molecular complexity index is 1480. The van der Waals surface area contributed by atoms with E-state index in [0.29, 0.717) is 44.7 Å². The molecule has 0 aliphatic carbocycles. The number of nitrogens with zero attached hydrogens (tertiary/aromatic N) is 7. The quantitative estimate of drug-likeness (QED) is 0.328. The molecule has 2 saturated heterocycles. The van der Waals surface area contributed by atoms with Crippen molar-refractivity contribution < 1.29 is 9.53 Å². The lowest BCUT2D eigenvalue weighted by Gasteiger charge is -2.41. The van der Waals surface area contributed by atoms with Crippen molar-refractivity contribution in [1.29, 1.82) is 0 Å². The molecule has 3 aliphatic heterocycles. The lowest BCUT2D eigenvalue weighted by Crippen LogP contribution is -2.56. The topological polar surface area (TPSA) is 69.4 Å². The number of carbonyl (C=O) groups is 1. The summed E-state index contributed by atoms with van der Waals surface area (Å²) >= 11 is 0. The number of aromatic nitrogens is 2. The van der Waals surface area contributed by atoms with E-state index in [9.17, 15) is 4.79 Å². The predicted molar refractivity (Wildman–Crippen MR) is 161 cm³/mol. The lowest BCUT2D eigenvalue weighted by atomic mass is 10.0. The molecule has 3 aliphatic rings. The van der Waals surface area contributed by atoms with E-state index in [-0.39, 0.29) is 18.5 Å². The van der Waals surface area contributed by atoms with Crippen LogP contribution in [-0.2, 0) is 17.8 Å². The fourth-order valence-corrected chi connectivity index (χ4v) is 6.48. The predicted octanol–water partition coefficient (Wildman–Crippen LogP) is 3.65. The van der Waals surface area contributed by atoms with Crippen LogP contribution in [0.5, 0.6) is 6.01 Å². The third kappa shape index (κ3) is 5.57. The van der Waals surface area contributed by atoms with Gasteiger partial charge in [-0.2, -0.15) is 9.97 Å². The van der Waals surface area contributed by atoms with E-state index >= 15 is 0 Å². The molecule has 1 aromatic heterocycles. The molecule has 2 fully saturated rings. The molecular formula is C32H37N7O2. The second kappa shape index (κ2) is 11.8. The van der Waals surface area contributed by atoms with Crippen LogP contribution in [0.1, 0.15) is 17.7 Å². The minimum atomic E-state index is -0.216. The van der Waals surface area contributed by atoms with E-state index in [1.165, 1.54) is 22.5 Å². The zero-order valence-electron chi connectivity index (χ0n) is 23.7. The van der Waals surface area contributed by atoms with E-state index in [0.717, 1.165) is 49.6 Å². The fourth-order valence-electron chi connectivity index (χ4n) is 6.48. The fraction of sp³-hybridized carbons (Fsp3) is 0.438. The smallest absolute Gasteiger partial charge is 0.318 e. The van der Waals surface area contributed by atoms with Crippen molar-refractivity contribution in [3.63, 3.8) is 0 Å². The van der Waals surface area contributed by atoms with E-state index in [2.05, 4.69) is 75.6 Å². The molecule has 1 amide bonds. The maximum absolute atomic E-state index is 12.5. The van der Waals surface area contributed by atoms with Crippen LogP contribution >= 0.6 is 0 Å². The van der Waals surface area contributed by atoms with Gasteiger partial charge in [0.05, 0.1) is 18.8 Å². The highest BCUT2D eigenvalue weighted by molar-refractivity contribution is 5.94. The van der Waals surface area contributed by atoms with Crippen molar-refractivity contribution in [3.05, 3.63) is 77.8 Å². The molecule has 9 nitrogen and oxygen atoms in total. The molecule has 2 aromatic carbocycles. The summed E-state index contributed by atoms with van der Waals surface area (Å²) in [6.07, 6.45) is 3.26. The summed E-state index contributed by atoms with van der Waals surface area (Å²) < 4.78 is 6.28. The first kappa shape index (κ1) is 27.0. The maximum Gasteiger partial charge on any atom is 0.318 e. The Labute approximate surface area is 241 Å². The van der Waals surface area contributed by atoms with Crippen LogP contribution in [0.15, 0.2) is 55.1 Å². The summed E-state index contributed by atoms with van der Waals surface area (Å²) in [5, 5.41) is 2.46. The SMILES string of the molecule is [C-]#[N+]C[C@H]1CN(c2nc(OC[C@H]3CCN(C)C3)nc3c2CCN(c2cccc4ccccc24)C3)CCN1C(=O)C=C. The number of fused-ring (bicyclic) bond motifs is 2. The summed E-state index contributed by atoms with van der Waals surface area (Å²) in [7, 11) is 2.14. The van der Waals surface area contributed by atoms with Gasteiger partial charge in [-0.1, -0.05) is 43.0 Å². The minimum Gasteiger partial charge on any atom is -0.463 e. The largest absolute Gasteiger partial charge is 0.463 e. The molecule has 0 N–H and O–H groups in total. The monoisotopic (exact) mass is 551 g/mol. The Morgan fingerprint density at radius 2 is 1.95 bits per heavy atom. The van der Waals surface area contributed by atoms with E-state index in [1.54, 1.807) is 4.90 Å². The van der Waals surface area contributed by atoms with Crippen LogP contribution in [0.2, 0.25) is 0 Å². The van der Waals surface area contributed by atoms with Crippen molar-refractivity contribution in [2.75, 3.05) is 69.3 Å². The summed E-state index contributed by atoms with van der Waals surface area (Å²) in [6, 6.07) is 15.2. The average molecular weight is 552 g/mol. The normalized spacial score (nSPS) is 21.0. The van der Waals surface area contributed by atoms with Crippen LogP contribution in [0, 0.1) is 12.5 Å². The highest BCUT2D eigenvalue weighted by atomic mass is 16.5. The molecule has 0 bridgehead atoms. The molecule has 4 heterocycles. The molecule has 9 heteroatoms. The van der Waals surface area contributed by atoms with Crippen LogP contribution < -0.4 is 14.5 Å². The third-order valence-corrected chi connectivity index (χ3v) is 8.61. The number of amides is 1. The maximum atomic E-state index is 12.5. The van der Waals surface area contributed by atoms with Crippen LogP contribution in [0.4, 0.5) is 11.5 Å². The average Bonchev–Trinajstić information content (AvgIpc) is 3.43. The van der Waals surface area contributed by atoms with Gasteiger partial charge in [-0.3, -0.25) is 4.79 Å². The van der Waals surface area contributed by atoms with Gasteiger partial charge >= 0.3 is 6.01 Å². The summed E-state index contributed by atoms with van der Waals surface area (Å²) in [5.74, 6) is 1.22. The number of piperazine rings is 1. The van der Waals surface area contributed by atoms with Gasteiger partial charge in [-0.05, 0) is 44.0 Å². The van der Waals surface area contributed by atoms with Crippen molar-refractivity contribution in [1.82, 2.24) is 19.8 Å². The van der Waals surface area contributed by atoms with Gasteiger partial charge in [0, 0.05) is 55.3 Å². The molecule has 0 saturated carbocycles. The summed E-state index contributed by atoms with van der Waals surface area (Å²) in [5.41, 5.74) is 3.33. The first-order valence-electron chi connectivity index (χ1n) is 14.5. The molecule has 0 radical (unpaired) electrons. The molecule has 41 heavy (non-hydrogen) atoms. The third-order valence-electron chi connectivity index (χ3n) is 8.61. The minimum absolute atomic E-state index is 0.126. The zero-order valence-corrected chi connectivity index (χ0v) is 23.7. The molecule has 0 spiro atoms. The number of hydrogen-bond acceptors (Lipinski definition) is 7. The first-order chi connectivity index (χ1) is 20.0. The van der Waals surface area contributed by atoms with Crippen molar-refractivity contribution in [2.24, 2.45) is 5.92 Å². The van der Waals surface area contributed by atoms with Gasteiger partial charge in [0.1, 0.15) is 11.9 Å². The number of ether oxygens (including phenoxy) is 1. The van der Waals surface area contributed by atoms with Crippen molar-refractivity contribution in [3.8, 4) is 6.01 Å². The van der Waals surface area contributed by atoms with E-state index in [4.69, 9.17) is 21.3 Å². The zero-order chi connectivity index (χ0) is 28.3. The Morgan fingerprint density at radius 3 is 2.76 bits per heavy atom. The van der Waals surface area contributed by atoms with Crippen molar-refractivity contribution in [2.45, 2.75) is 25.4 Å². The second-order valence-electron chi connectivity index (χ2n) is 11.3. The molecule has 2 atom stereocenters. The van der Waals surface area contributed by atoms with Gasteiger partial charge in [-0.25, -0.2) is 6.57 Å². The van der Waals surface area contributed by atoms with Crippen LogP contribution in [-0.4, -0.2) is 91.2 Å². The summed E-state index contributed by atoms with van der Waals surface area (Å²) in [4.78, 5) is 34.8. The number of carbonyl (C=O) groups excluding carboxylic acids is 1. The summed E-state index contributed by atoms with van der Waals surface area (Å²) in [6.45, 7) is 17.3. The highest BCUT2D eigenvalue weighted by Gasteiger charge is 2.35. The standard InChI is InChI=1S/C32H37N7O2/c1-4-30(40)39-17-16-38(20-25(39)18-33-2)31-27-13-15-37(29-11-7-9-24-8-5-6-10-26(24)29)21-28(27)34-32(35-31)41-22-23-12-14-36(3)19-23/h4-11,23,25H,1,12-22H2,3H3/t23-,25-/m0/s1. The highest BCUT2D eigenvalue weighted by Crippen LogP contribution is 2.35. The number of anilines is 2. The molecular weight excluding hydrogens is 514 g/mol. The number of benzene rings is 2. The Morgan fingerprint density at radius 1 is 1.10 bits per heavy atom. The molecule has 6 rings (SSSR count). The van der Waals surface area contributed by atoms with Gasteiger partial charge in [0.2, 0.25) is 12.5 Å². The number of rotatable bonds is 7. The van der Waals surface area contributed by atoms with E-state index < -0.39 is 0 Å². The van der Waals surface area contributed by atoms with E-state index in [1.807, 2.05) is 0 Å². The van der Waals surface area contributed by atoms with Gasteiger partial charge in [-0.15, -0.1) is 0 Å². The Kier molecular flexibility index (Phi) is 7.75. The molecule has 0 unspecified atom stereocenters.